The van der Waals surface area contributed by atoms with E-state index in [1.54, 1.807) is 12.1 Å². The van der Waals surface area contributed by atoms with Crippen molar-refractivity contribution in [2.45, 2.75) is 34.5 Å². The summed E-state index contributed by atoms with van der Waals surface area (Å²) in [6, 6.07) is 75.6. The molecule has 6 heteroatoms. The molecule has 0 unspecified atom stereocenters. The number of nitrogens with zero attached hydrogens (tertiary/aromatic N) is 6. The average molecular weight is 1120 g/mol. The number of benzene rings is 10. The molecule has 0 aliphatic carbocycles. The molecule has 0 bridgehead atoms. The fourth-order valence-electron chi connectivity index (χ4n) is 13.8. The highest BCUT2D eigenvalue weighted by atomic mass is 15.0. The van der Waals surface area contributed by atoms with Crippen LogP contribution in [0, 0.1) is 34.5 Å². The zero-order valence-corrected chi connectivity index (χ0v) is 50.6. The van der Waals surface area contributed by atoms with E-state index in [-0.39, 0.29) is 0 Å². The van der Waals surface area contributed by atoms with Gasteiger partial charge < -0.3 is 13.7 Å². The first kappa shape index (κ1) is 50.4. The molecule has 0 saturated heterocycles. The highest BCUT2D eigenvalue weighted by molar-refractivity contribution is 6.20. The maximum atomic E-state index is 7.68. The Morgan fingerprint density at radius 3 is 1.17 bits per heavy atom. The van der Waals surface area contributed by atoms with Gasteiger partial charge in [0, 0.05) is 92.5 Å². The molecule has 0 saturated carbocycles. The van der Waals surface area contributed by atoms with Crippen molar-refractivity contribution in [3.05, 3.63) is 259 Å². The lowest BCUT2D eigenvalue weighted by Gasteiger charge is -2.07. The van der Waals surface area contributed by atoms with Crippen LogP contribution in [0.25, 0.3) is 143 Å². The number of hydrogen-bond acceptors (Lipinski definition) is 0. The molecule has 10 aromatic carbocycles. The van der Waals surface area contributed by atoms with Crippen LogP contribution in [0.15, 0.2) is 231 Å². The number of rotatable bonds is 4. The Morgan fingerprint density at radius 2 is 0.698 bits per heavy atom. The third kappa shape index (κ3) is 8.98. The number of aryl methyl sites for hydroxylation is 11. The van der Waals surface area contributed by atoms with Crippen LogP contribution in [0.3, 0.4) is 0 Å². The highest BCUT2D eigenvalue weighted by Crippen LogP contribution is 2.39. The van der Waals surface area contributed by atoms with Crippen LogP contribution in [-0.4, -0.2) is 13.7 Å². The number of hydrogen-bond donors (Lipinski definition) is 0. The Balaban J connectivity index is 0.000000117. The van der Waals surface area contributed by atoms with Gasteiger partial charge in [-0.2, -0.15) is 0 Å². The second-order valence-electron chi connectivity index (χ2n) is 23.7. The molecule has 0 fully saturated rings. The summed E-state index contributed by atoms with van der Waals surface area (Å²) >= 11 is 0. The Labute approximate surface area is 507 Å². The van der Waals surface area contributed by atoms with Crippen molar-refractivity contribution in [2.75, 3.05) is 0 Å². The lowest BCUT2D eigenvalue weighted by atomic mass is 9.99. The van der Waals surface area contributed by atoms with E-state index in [2.05, 4.69) is 296 Å². The minimum atomic E-state index is -2.09. The molecule has 6 aromatic heterocycles. The van der Waals surface area contributed by atoms with Gasteiger partial charge in [0.25, 0.3) is 0 Å². The van der Waals surface area contributed by atoms with E-state index in [1.165, 1.54) is 143 Å². The van der Waals surface area contributed by atoms with E-state index in [1.807, 2.05) is 20.0 Å². The largest absolute Gasteiger partial charge is 0.343 e. The Bertz CT molecular complexity index is 5550. The van der Waals surface area contributed by atoms with Gasteiger partial charge in [-0.05, 0) is 103 Å². The topological polar surface area (TPSA) is 26.4 Å². The Hall–Kier alpha value is -10.2. The van der Waals surface area contributed by atoms with Crippen LogP contribution < -0.4 is 13.7 Å². The van der Waals surface area contributed by atoms with Gasteiger partial charge in [-0.1, -0.05) is 181 Å². The van der Waals surface area contributed by atoms with Crippen molar-refractivity contribution < 1.29 is 17.8 Å². The number of pyridine rings is 3. The summed E-state index contributed by atoms with van der Waals surface area (Å²) in [5.74, 6) is 0. The van der Waals surface area contributed by atoms with Crippen LogP contribution in [-0.2, 0) is 42.3 Å². The first-order valence-electron chi connectivity index (χ1n) is 31.2. The standard InChI is InChI=1S/C30H25N2.2C25H23N2/c1-20-9-7-8-12-24(20)28-18-29-27(19-31(28)2)26-16-14-23-17-22(21-10-5-4-6-11-21)13-15-25(23)30(26)32(29)3;2*1-16-9-11-19(17(2)13-16)23-14-24-22(15-26(23)3)21-12-10-18-7-5-6-8-20(18)25(21)27(24)4/h4-19H,1-3H3;2*5-15H,1-4H3/q3*+1/i;1D3;. The van der Waals surface area contributed by atoms with E-state index in [0.717, 1.165) is 22.3 Å². The van der Waals surface area contributed by atoms with Gasteiger partial charge in [-0.15, -0.1) is 0 Å². The van der Waals surface area contributed by atoms with Crippen molar-refractivity contribution in [1.29, 1.82) is 0 Å². The summed E-state index contributed by atoms with van der Waals surface area (Å²) in [5, 5.41) is 15.3. The Morgan fingerprint density at radius 1 is 0.302 bits per heavy atom. The fourth-order valence-corrected chi connectivity index (χ4v) is 13.8. The molecule has 16 rings (SSSR count). The van der Waals surface area contributed by atoms with Gasteiger partial charge in [0.15, 0.2) is 18.6 Å². The van der Waals surface area contributed by atoms with E-state index in [0.29, 0.717) is 5.56 Å². The molecule has 0 radical (unpaired) electrons. The lowest BCUT2D eigenvalue weighted by molar-refractivity contribution is -0.659. The summed E-state index contributed by atoms with van der Waals surface area (Å²) in [6.07, 6.45) is 6.74. The lowest BCUT2D eigenvalue weighted by Crippen LogP contribution is -2.30. The van der Waals surface area contributed by atoms with Gasteiger partial charge in [-0.3, -0.25) is 0 Å². The van der Waals surface area contributed by atoms with Crippen LogP contribution in [0.1, 0.15) is 31.9 Å². The zero-order valence-electron chi connectivity index (χ0n) is 53.6. The minimum absolute atomic E-state index is 0.378. The fraction of sp³-hybridized carbons (Fsp3) is 0.138. The summed E-state index contributed by atoms with van der Waals surface area (Å²) < 4.78 is 36.6. The quantitative estimate of drug-likeness (QED) is 0.157. The summed E-state index contributed by atoms with van der Waals surface area (Å²) in [6.45, 7) is 6.41. The van der Waals surface area contributed by atoms with E-state index < -0.39 is 6.85 Å². The van der Waals surface area contributed by atoms with Crippen LogP contribution in [0.2, 0.25) is 0 Å². The first-order valence-corrected chi connectivity index (χ1v) is 29.7. The van der Waals surface area contributed by atoms with Crippen molar-refractivity contribution in [3.8, 4) is 44.9 Å². The molecular weight excluding hydrogens is 1040 g/mol. The molecule has 0 aliphatic heterocycles. The number of aromatic nitrogens is 6. The third-order valence-electron chi connectivity index (χ3n) is 18.2. The molecule has 0 amide bonds. The molecule has 6 nitrogen and oxygen atoms in total. The summed E-state index contributed by atoms with van der Waals surface area (Å²) in [7, 11) is 12.8. The van der Waals surface area contributed by atoms with Gasteiger partial charge in [0.2, 0.25) is 17.1 Å². The normalized spacial score (nSPS) is 12.3. The van der Waals surface area contributed by atoms with Gasteiger partial charge in [0.1, 0.15) is 21.1 Å². The van der Waals surface area contributed by atoms with Crippen LogP contribution in [0.4, 0.5) is 0 Å². The average Bonchev–Trinajstić information content (AvgIpc) is 1.67. The van der Waals surface area contributed by atoms with Gasteiger partial charge >= 0.3 is 0 Å². The molecule has 6 heterocycles. The highest BCUT2D eigenvalue weighted by Gasteiger charge is 2.23. The zero-order chi connectivity index (χ0) is 61.7. The maximum Gasteiger partial charge on any atom is 0.214 e. The van der Waals surface area contributed by atoms with Crippen molar-refractivity contribution in [2.24, 2.45) is 42.3 Å². The first-order chi connectivity index (χ1) is 42.9. The van der Waals surface area contributed by atoms with Crippen LogP contribution in [0.5, 0.6) is 0 Å². The number of fused-ring (bicyclic) bond motifs is 15. The summed E-state index contributed by atoms with van der Waals surface area (Å²) in [4.78, 5) is 0. The molecule has 0 spiro atoms. The van der Waals surface area contributed by atoms with Crippen molar-refractivity contribution >= 4 is 97.7 Å². The SMILES string of the molecule is Cc1ccc(-c2cc3c(c[n+]2C)c2ccc4ccccc4c2n3C)c(C)c1.Cc1ccccc1-c1cc2c(c[n+]1C)c1ccc3cc(-c4ccccc4)ccc3c1n2C.[2H]C([2H])([2H])c1ccc(-c2cc3c(c[n+]2C)c2ccc4ccccc4c2n3C)c(C)c1. The van der Waals surface area contributed by atoms with E-state index in [4.69, 9.17) is 4.11 Å². The molecule has 16 aromatic rings. The molecule has 0 aliphatic rings. The Kier molecular flexibility index (Phi) is 12.4. The second-order valence-corrected chi connectivity index (χ2v) is 23.7. The molecule has 0 N–H and O–H groups in total. The second kappa shape index (κ2) is 21.2. The van der Waals surface area contributed by atoms with E-state index in [9.17, 15) is 0 Å². The molecule has 86 heavy (non-hydrogen) atoms. The molecule has 418 valence electrons. The smallest absolute Gasteiger partial charge is 0.214 e. The minimum Gasteiger partial charge on any atom is -0.343 e. The van der Waals surface area contributed by atoms with E-state index >= 15 is 0 Å². The van der Waals surface area contributed by atoms with Crippen molar-refractivity contribution in [1.82, 2.24) is 13.7 Å². The predicted octanol–water partition coefficient (Wildman–Crippen LogP) is 18.1. The molecular formula is C80H71N6+3. The van der Waals surface area contributed by atoms with Crippen LogP contribution >= 0.6 is 0 Å². The predicted molar refractivity (Wildman–Crippen MR) is 363 cm³/mol. The molecule has 0 atom stereocenters. The van der Waals surface area contributed by atoms with Gasteiger partial charge in [-0.25, -0.2) is 13.7 Å². The maximum absolute atomic E-state index is 7.68. The van der Waals surface area contributed by atoms with Crippen molar-refractivity contribution in [3.63, 3.8) is 0 Å². The third-order valence-corrected chi connectivity index (χ3v) is 18.2. The summed E-state index contributed by atoms with van der Waals surface area (Å²) in [5.41, 5.74) is 22.4. The monoisotopic (exact) mass is 1120 g/mol. The van der Waals surface area contributed by atoms with Gasteiger partial charge in [0.05, 0.1) is 49.3 Å².